The van der Waals surface area contributed by atoms with Crippen LogP contribution < -0.4 is 0 Å². The summed E-state index contributed by atoms with van der Waals surface area (Å²) in [5.74, 6) is -0.181. The summed E-state index contributed by atoms with van der Waals surface area (Å²) in [5.41, 5.74) is 1.54. The molecule has 4 nitrogen and oxygen atoms in total. The van der Waals surface area contributed by atoms with Crippen molar-refractivity contribution in [1.82, 2.24) is 4.90 Å². The van der Waals surface area contributed by atoms with Crippen LogP contribution in [-0.4, -0.2) is 37.3 Å². The normalized spacial score (nSPS) is 19.6. The number of sulfone groups is 1. The number of nitrogens with zero attached hydrogens (tertiary/aromatic N) is 1. The van der Waals surface area contributed by atoms with Gasteiger partial charge in [-0.15, -0.1) is 6.58 Å². The summed E-state index contributed by atoms with van der Waals surface area (Å²) < 4.78 is 27.2. The highest BCUT2D eigenvalue weighted by Crippen LogP contribution is 2.52. The van der Waals surface area contributed by atoms with Gasteiger partial charge in [0.1, 0.15) is 5.75 Å². The van der Waals surface area contributed by atoms with Gasteiger partial charge in [-0.2, -0.15) is 0 Å². The van der Waals surface area contributed by atoms with Crippen LogP contribution in [0.1, 0.15) is 11.1 Å². The summed E-state index contributed by atoms with van der Waals surface area (Å²) >= 11 is 0. The van der Waals surface area contributed by atoms with Crippen LogP contribution >= 0.6 is 0 Å². The lowest BCUT2D eigenvalue weighted by atomic mass is 9.64. The fourth-order valence-corrected chi connectivity index (χ4v) is 6.60. The van der Waals surface area contributed by atoms with E-state index in [0.29, 0.717) is 6.54 Å². The fraction of sp³-hybridized carbons (Fsp3) is 0.200. The minimum absolute atomic E-state index is 0.0374. The number of hydrogen-bond acceptors (Lipinski definition) is 4. The van der Waals surface area contributed by atoms with Crippen LogP contribution in [0.5, 0.6) is 5.75 Å². The average Bonchev–Trinajstić information content (AvgIpc) is 2.75. The summed E-state index contributed by atoms with van der Waals surface area (Å²) in [5, 5.41) is 8.80. The largest absolute Gasteiger partial charge is 0.508 e. The van der Waals surface area contributed by atoms with E-state index < -0.39 is 20.6 Å². The second kappa shape index (κ2) is 7.74. The molecule has 4 rings (SSSR count). The molecule has 3 aromatic rings. The maximum absolute atomic E-state index is 13.6. The van der Waals surface area contributed by atoms with Crippen LogP contribution in [0.3, 0.4) is 0 Å². The van der Waals surface area contributed by atoms with Gasteiger partial charge in [0.15, 0.2) is 9.84 Å². The number of phenols is 1. The second-order valence-electron chi connectivity index (χ2n) is 7.72. The van der Waals surface area contributed by atoms with Gasteiger partial charge in [-0.1, -0.05) is 66.7 Å². The predicted octanol–water partition coefficient (Wildman–Crippen LogP) is 4.23. The van der Waals surface area contributed by atoms with Crippen molar-refractivity contribution >= 4 is 9.84 Å². The van der Waals surface area contributed by atoms with Crippen molar-refractivity contribution in [3.8, 4) is 5.75 Å². The average molecular weight is 420 g/mol. The molecule has 0 aliphatic carbocycles. The number of benzene rings is 3. The molecule has 0 saturated carbocycles. The van der Waals surface area contributed by atoms with Crippen molar-refractivity contribution in [2.75, 3.05) is 13.6 Å². The summed E-state index contributed by atoms with van der Waals surface area (Å²) in [6.45, 7) is 4.53. The second-order valence-corrected chi connectivity index (χ2v) is 9.83. The lowest BCUT2D eigenvalue weighted by molar-refractivity contribution is -0.0316. The molecule has 0 spiro atoms. The minimum Gasteiger partial charge on any atom is -0.508 e. The van der Waals surface area contributed by atoms with Gasteiger partial charge in [-0.25, -0.2) is 8.42 Å². The molecular weight excluding hydrogens is 394 g/mol. The molecule has 0 amide bonds. The first-order valence-corrected chi connectivity index (χ1v) is 11.4. The van der Waals surface area contributed by atoms with Gasteiger partial charge in [0.25, 0.3) is 0 Å². The maximum atomic E-state index is 13.6. The van der Waals surface area contributed by atoms with Gasteiger partial charge in [0.05, 0.1) is 15.7 Å². The third kappa shape index (κ3) is 3.06. The number of rotatable bonds is 6. The van der Waals surface area contributed by atoms with E-state index in [9.17, 15) is 13.5 Å². The van der Waals surface area contributed by atoms with Gasteiger partial charge in [0.2, 0.25) is 0 Å². The standard InChI is InChI=1S/C25H25NO3S/c1-3-24(30(28,29)22-16-14-21(27)15-17-22)23-18-26(2)25(23,19-10-6-4-7-11-19)20-12-8-5-9-13-20/h3-17,23-24,27H,1,18H2,2H3. The molecule has 0 radical (unpaired) electrons. The van der Waals surface area contributed by atoms with E-state index in [1.165, 1.54) is 24.3 Å². The van der Waals surface area contributed by atoms with Crippen molar-refractivity contribution in [2.24, 2.45) is 5.92 Å². The van der Waals surface area contributed by atoms with Gasteiger partial charge >= 0.3 is 0 Å². The molecule has 5 heteroatoms. The Morgan fingerprint density at radius 2 is 1.47 bits per heavy atom. The molecule has 2 unspecified atom stereocenters. The minimum atomic E-state index is -3.69. The molecule has 30 heavy (non-hydrogen) atoms. The van der Waals surface area contributed by atoms with Gasteiger partial charge in [-0.05, 0) is 42.4 Å². The predicted molar refractivity (Wildman–Crippen MR) is 119 cm³/mol. The van der Waals surface area contributed by atoms with Crippen molar-refractivity contribution in [2.45, 2.75) is 15.7 Å². The lowest BCUT2D eigenvalue weighted by Crippen LogP contribution is -2.67. The Bertz CT molecular complexity index is 1090. The highest BCUT2D eigenvalue weighted by molar-refractivity contribution is 7.92. The van der Waals surface area contributed by atoms with E-state index in [-0.39, 0.29) is 16.6 Å². The van der Waals surface area contributed by atoms with Crippen molar-refractivity contribution in [1.29, 1.82) is 0 Å². The van der Waals surface area contributed by atoms with E-state index in [2.05, 4.69) is 35.7 Å². The van der Waals surface area contributed by atoms with Crippen LogP contribution in [0.25, 0.3) is 0 Å². The van der Waals surface area contributed by atoms with E-state index in [4.69, 9.17) is 0 Å². The van der Waals surface area contributed by atoms with Crippen LogP contribution in [0, 0.1) is 5.92 Å². The summed E-state index contributed by atoms with van der Waals surface area (Å²) in [6, 6.07) is 25.8. The topological polar surface area (TPSA) is 57.6 Å². The van der Waals surface area contributed by atoms with Crippen molar-refractivity contribution < 1.29 is 13.5 Å². The Balaban J connectivity index is 1.88. The number of hydrogen-bond donors (Lipinski definition) is 1. The molecule has 1 aliphatic heterocycles. The molecule has 1 heterocycles. The Kier molecular flexibility index (Phi) is 5.26. The van der Waals surface area contributed by atoms with Crippen LogP contribution in [0.15, 0.2) is 102 Å². The molecule has 1 saturated heterocycles. The molecule has 1 aliphatic rings. The van der Waals surface area contributed by atoms with E-state index in [1.54, 1.807) is 6.08 Å². The van der Waals surface area contributed by atoms with Gasteiger partial charge in [-0.3, -0.25) is 4.90 Å². The molecule has 2 atom stereocenters. The molecule has 0 bridgehead atoms. The lowest BCUT2D eigenvalue weighted by Gasteiger charge is -2.59. The van der Waals surface area contributed by atoms with Crippen molar-refractivity contribution in [3.05, 3.63) is 109 Å². The van der Waals surface area contributed by atoms with Crippen LogP contribution in [-0.2, 0) is 15.4 Å². The molecular formula is C25H25NO3S. The Morgan fingerprint density at radius 1 is 0.967 bits per heavy atom. The quantitative estimate of drug-likeness (QED) is 0.608. The molecule has 3 aromatic carbocycles. The smallest absolute Gasteiger partial charge is 0.185 e. The number of aromatic hydroxyl groups is 1. The van der Waals surface area contributed by atoms with Crippen LogP contribution in [0.4, 0.5) is 0 Å². The third-order valence-corrected chi connectivity index (χ3v) is 8.36. The van der Waals surface area contributed by atoms with E-state index in [1.807, 2.05) is 43.4 Å². The molecule has 0 aromatic heterocycles. The van der Waals surface area contributed by atoms with E-state index in [0.717, 1.165) is 11.1 Å². The van der Waals surface area contributed by atoms with E-state index >= 15 is 0 Å². The number of likely N-dealkylation sites (tertiary alicyclic amines) is 1. The molecule has 154 valence electrons. The Hall–Kier alpha value is -2.89. The first-order valence-electron chi connectivity index (χ1n) is 9.90. The first kappa shape index (κ1) is 20.4. The maximum Gasteiger partial charge on any atom is 0.185 e. The first-order chi connectivity index (χ1) is 14.4. The number of phenolic OH excluding ortho intramolecular Hbond substituents is 1. The van der Waals surface area contributed by atoms with Crippen LogP contribution in [0.2, 0.25) is 0 Å². The monoisotopic (exact) mass is 419 g/mol. The Labute approximate surface area is 178 Å². The SMILES string of the molecule is C=CC(C1CN(C)C1(c1ccccc1)c1ccccc1)S(=O)(=O)c1ccc(O)cc1. The molecule has 1 N–H and O–H groups in total. The summed E-state index contributed by atoms with van der Waals surface area (Å²) in [4.78, 5) is 2.40. The molecule has 1 fully saturated rings. The zero-order chi connectivity index (χ0) is 21.4. The summed E-state index contributed by atoms with van der Waals surface area (Å²) in [6.07, 6.45) is 1.56. The zero-order valence-electron chi connectivity index (χ0n) is 16.8. The third-order valence-electron chi connectivity index (χ3n) is 6.19. The fourth-order valence-electron chi connectivity index (χ4n) is 4.80. The van der Waals surface area contributed by atoms with Crippen molar-refractivity contribution in [3.63, 3.8) is 0 Å². The highest BCUT2D eigenvalue weighted by atomic mass is 32.2. The highest BCUT2D eigenvalue weighted by Gasteiger charge is 2.58. The zero-order valence-corrected chi connectivity index (χ0v) is 17.7. The van der Waals surface area contributed by atoms with Gasteiger partial charge in [0, 0.05) is 12.5 Å². The Morgan fingerprint density at radius 3 is 1.90 bits per heavy atom. The van der Waals surface area contributed by atoms with Gasteiger partial charge < -0.3 is 5.11 Å². The summed E-state index contributed by atoms with van der Waals surface area (Å²) in [7, 11) is -1.66.